The summed E-state index contributed by atoms with van der Waals surface area (Å²) < 4.78 is 25.0. The van der Waals surface area contributed by atoms with Crippen LogP contribution in [0.5, 0.6) is 0 Å². The maximum Gasteiger partial charge on any atom is 0.153 e. The van der Waals surface area contributed by atoms with E-state index in [0.29, 0.717) is 13.1 Å². The minimum Gasteiger partial charge on any atom is -0.381 e. The van der Waals surface area contributed by atoms with Gasteiger partial charge in [0.05, 0.1) is 17.2 Å². The van der Waals surface area contributed by atoms with Gasteiger partial charge in [0.1, 0.15) is 0 Å². The smallest absolute Gasteiger partial charge is 0.153 e. The molecule has 1 aromatic heterocycles. The van der Waals surface area contributed by atoms with Crippen molar-refractivity contribution in [2.24, 2.45) is 7.05 Å². The number of aryl methyl sites for hydroxylation is 2. The van der Waals surface area contributed by atoms with Crippen molar-refractivity contribution in [3.63, 3.8) is 0 Å². The van der Waals surface area contributed by atoms with Crippen LogP contribution >= 0.6 is 0 Å². The monoisotopic (exact) mass is 348 g/mol. The summed E-state index contributed by atoms with van der Waals surface area (Å²) in [5, 5.41) is 7.89. The average Bonchev–Trinajstić information content (AvgIpc) is 2.78. The summed E-state index contributed by atoms with van der Waals surface area (Å²) in [7, 11) is -0.899. The molecule has 1 aliphatic rings. The summed E-state index contributed by atoms with van der Waals surface area (Å²) in [5.41, 5.74) is 5.52. The molecule has 0 atom stereocenters. The van der Waals surface area contributed by atoms with E-state index < -0.39 is 9.84 Å². The van der Waals surface area contributed by atoms with Crippen molar-refractivity contribution >= 4 is 21.2 Å². The number of hydrogen-bond acceptors (Lipinski definition) is 5. The summed E-state index contributed by atoms with van der Waals surface area (Å²) in [6.45, 7) is 5.94. The van der Waals surface area contributed by atoms with Crippen molar-refractivity contribution < 1.29 is 8.42 Å². The predicted molar refractivity (Wildman–Crippen MR) is 97.3 cm³/mol. The number of benzene rings is 1. The topological polar surface area (TPSA) is 67.2 Å². The third-order valence-electron chi connectivity index (χ3n) is 4.68. The number of sulfone groups is 1. The zero-order chi connectivity index (χ0) is 17.3. The van der Waals surface area contributed by atoms with Crippen molar-refractivity contribution in [2.75, 3.05) is 34.8 Å². The lowest BCUT2D eigenvalue weighted by Crippen LogP contribution is -2.40. The summed E-state index contributed by atoms with van der Waals surface area (Å²) >= 11 is 0. The number of nitrogens with one attached hydrogen (secondary N) is 1. The molecule has 7 heteroatoms. The highest BCUT2D eigenvalue weighted by Crippen LogP contribution is 2.22. The van der Waals surface area contributed by atoms with E-state index in [1.54, 1.807) is 0 Å². The van der Waals surface area contributed by atoms with Gasteiger partial charge in [-0.3, -0.25) is 4.68 Å². The average molecular weight is 348 g/mol. The molecular weight excluding hydrogens is 324 g/mol. The number of rotatable bonds is 4. The quantitative estimate of drug-likeness (QED) is 0.914. The normalized spacial score (nSPS) is 17.0. The molecular formula is C17H24N4O2S. The van der Waals surface area contributed by atoms with E-state index in [9.17, 15) is 8.42 Å². The zero-order valence-electron chi connectivity index (χ0n) is 14.4. The van der Waals surface area contributed by atoms with E-state index in [-0.39, 0.29) is 11.5 Å². The molecule has 0 amide bonds. The van der Waals surface area contributed by atoms with Crippen LogP contribution in [0.1, 0.15) is 17.0 Å². The van der Waals surface area contributed by atoms with E-state index in [1.807, 2.05) is 36.9 Å². The Hall–Kier alpha value is -2.02. The maximum atomic E-state index is 11.6. The first-order valence-corrected chi connectivity index (χ1v) is 9.96. The summed E-state index contributed by atoms with van der Waals surface area (Å²) in [6.07, 6.45) is 0. The SMILES string of the molecule is Cc1nn(C)c(C)c1CNc1cccc(N2CCS(=O)(=O)CC2)c1. The second-order valence-electron chi connectivity index (χ2n) is 6.32. The number of anilines is 2. The highest BCUT2D eigenvalue weighted by Gasteiger charge is 2.21. The van der Waals surface area contributed by atoms with Gasteiger partial charge in [-0.1, -0.05) is 6.07 Å². The van der Waals surface area contributed by atoms with E-state index in [2.05, 4.69) is 28.3 Å². The van der Waals surface area contributed by atoms with Crippen LogP contribution in [-0.4, -0.2) is 42.8 Å². The molecule has 0 aliphatic carbocycles. The van der Waals surface area contributed by atoms with Gasteiger partial charge in [-0.25, -0.2) is 8.42 Å². The Balaban J connectivity index is 1.69. The van der Waals surface area contributed by atoms with Gasteiger partial charge in [0.15, 0.2) is 9.84 Å². The van der Waals surface area contributed by atoms with Gasteiger partial charge in [0.2, 0.25) is 0 Å². The highest BCUT2D eigenvalue weighted by molar-refractivity contribution is 7.91. The lowest BCUT2D eigenvalue weighted by molar-refractivity contribution is 0.587. The summed E-state index contributed by atoms with van der Waals surface area (Å²) in [6, 6.07) is 8.15. The van der Waals surface area contributed by atoms with Crippen molar-refractivity contribution in [1.82, 2.24) is 9.78 Å². The molecule has 1 N–H and O–H groups in total. The van der Waals surface area contributed by atoms with Crippen LogP contribution in [0.4, 0.5) is 11.4 Å². The first-order valence-electron chi connectivity index (χ1n) is 8.14. The molecule has 2 heterocycles. The molecule has 1 aliphatic heterocycles. The Morgan fingerprint density at radius 1 is 1.21 bits per heavy atom. The van der Waals surface area contributed by atoms with Gasteiger partial charge in [0, 0.05) is 49.3 Å². The molecule has 0 spiro atoms. The van der Waals surface area contributed by atoms with Gasteiger partial charge < -0.3 is 10.2 Å². The van der Waals surface area contributed by atoms with Gasteiger partial charge in [-0.05, 0) is 32.0 Å². The third-order valence-corrected chi connectivity index (χ3v) is 6.29. The van der Waals surface area contributed by atoms with Crippen LogP contribution in [0, 0.1) is 13.8 Å². The first-order chi connectivity index (χ1) is 11.4. The molecule has 3 rings (SSSR count). The lowest BCUT2D eigenvalue weighted by atomic mass is 10.2. The minimum atomic E-state index is -2.85. The molecule has 0 bridgehead atoms. The Bertz CT molecular complexity index is 828. The van der Waals surface area contributed by atoms with Crippen LogP contribution in [0.25, 0.3) is 0 Å². The standard InChI is InChI=1S/C17H24N4O2S/c1-13-17(14(2)20(3)19-13)12-18-15-5-4-6-16(11-15)21-7-9-24(22,23)10-8-21/h4-6,11,18H,7-10,12H2,1-3H3. The van der Waals surface area contributed by atoms with Gasteiger partial charge >= 0.3 is 0 Å². The Labute approximate surface area is 143 Å². The molecule has 1 aromatic carbocycles. The predicted octanol–water partition coefficient (Wildman–Crippen LogP) is 1.88. The fourth-order valence-electron chi connectivity index (χ4n) is 3.05. The largest absolute Gasteiger partial charge is 0.381 e. The molecule has 0 unspecified atom stereocenters. The lowest BCUT2D eigenvalue weighted by Gasteiger charge is -2.29. The van der Waals surface area contributed by atoms with Crippen molar-refractivity contribution in [3.8, 4) is 0 Å². The van der Waals surface area contributed by atoms with Crippen LogP contribution < -0.4 is 10.2 Å². The minimum absolute atomic E-state index is 0.235. The Morgan fingerprint density at radius 2 is 1.92 bits per heavy atom. The van der Waals surface area contributed by atoms with Gasteiger partial charge in [0.25, 0.3) is 0 Å². The van der Waals surface area contributed by atoms with Crippen LogP contribution in [0.2, 0.25) is 0 Å². The molecule has 24 heavy (non-hydrogen) atoms. The second-order valence-corrected chi connectivity index (χ2v) is 8.62. The van der Waals surface area contributed by atoms with E-state index in [4.69, 9.17) is 0 Å². The molecule has 0 saturated carbocycles. The van der Waals surface area contributed by atoms with Crippen molar-refractivity contribution in [2.45, 2.75) is 20.4 Å². The van der Waals surface area contributed by atoms with Gasteiger partial charge in [-0.15, -0.1) is 0 Å². The Morgan fingerprint density at radius 3 is 2.54 bits per heavy atom. The maximum absolute atomic E-state index is 11.6. The van der Waals surface area contributed by atoms with Crippen LogP contribution in [-0.2, 0) is 23.4 Å². The fraction of sp³-hybridized carbons (Fsp3) is 0.471. The molecule has 130 valence electrons. The Kier molecular flexibility index (Phi) is 4.54. The summed E-state index contributed by atoms with van der Waals surface area (Å²) in [5.74, 6) is 0.470. The zero-order valence-corrected chi connectivity index (χ0v) is 15.2. The number of nitrogens with zero attached hydrogens (tertiary/aromatic N) is 3. The molecule has 0 radical (unpaired) electrons. The number of hydrogen-bond donors (Lipinski definition) is 1. The number of aromatic nitrogens is 2. The molecule has 6 nitrogen and oxygen atoms in total. The first kappa shape index (κ1) is 16.8. The van der Waals surface area contributed by atoms with E-state index >= 15 is 0 Å². The van der Waals surface area contributed by atoms with Crippen LogP contribution in [0.3, 0.4) is 0 Å². The second kappa shape index (κ2) is 6.47. The third kappa shape index (κ3) is 3.56. The molecule has 1 fully saturated rings. The molecule has 1 saturated heterocycles. The van der Waals surface area contributed by atoms with Crippen molar-refractivity contribution in [1.29, 1.82) is 0 Å². The highest BCUT2D eigenvalue weighted by atomic mass is 32.2. The fourth-order valence-corrected chi connectivity index (χ4v) is 4.25. The van der Waals surface area contributed by atoms with Crippen LogP contribution in [0.15, 0.2) is 24.3 Å². The van der Waals surface area contributed by atoms with Gasteiger partial charge in [-0.2, -0.15) is 5.10 Å². The van der Waals surface area contributed by atoms with Crippen molar-refractivity contribution in [3.05, 3.63) is 41.2 Å². The van der Waals surface area contributed by atoms with E-state index in [0.717, 1.165) is 29.3 Å². The van der Waals surface area contributed by atoms with E-state index in [1.165, 1.54) is 5.56 Å². The molecule has 2 aromatic rings. The summed E-state index contributed by atoms with van der Waals surface area (Å²) in [4.78, 5) is 2.13.